The summed E-state index contributed by atoms with van der Waals surface area (Å²) in [6, 6.07) is 12.3. The van der Waals surface area contributed by atoms with Crippen LogP contribution in [0.2, 0.25) is 0 Å². The van der Waals surface area contributed by atoms with Crippen LogP contribution in [0.1, 0.15) is 40.5 Å². The number of amides is 1. The molecule has 3 rings (SSSR count). The van der Waals surface area contributed by atoms with Gasteiger partial charge in [0.25, 0.3) is 5.91 Å². The van der Waals surface area contributed by atoms with E-state index in [0.717, 1.165) is 12.8 Å². The van der Waals surface area contributed by atoms with Gasteiger partial charge >= 0.3 is 0 Å². The van der Waals surface area contributed by atoms with Crippen molar-refractivity contribution in [1.82, 2.24) is 4.72 Å². The van der Waals surface area contributed by atoms with Crippen LogP contribution in [0, 0.1) is 0 Å². The minimum Gasteiger partial charge on any atom is -0.377 e. The van der Waals surface area contributed by atoms with Gasteiger partial charge in [-0.15, -0.1) is 0 Å². The second-order valence-corrected chi connectivity index (χ2v) is 8.37. The van der Waals surface area contributed by atoms with Crippen molar-refractivity contribution in [2.45, 2.75) is 30.8 Å². The quantitative estimate of drug-likeness (QED) is 0.693. The number of sulfonamides is 1. The molecule has 1 amide bonds. The van der Waals surface area contributed by atoms with Crippen LogP contribution in [0.25, 0.3) is 0 Å². The van der Waals surface area contributed by atoms with Crippen molar-refractivity contribution in [3.63, 3.8) is 0 Å². The van der Waals surface area contributed by atoms with Crippen LogP contribution in [0.15, 0.2) is 53.4 Å². The molecule has 148 valence electrons. The summed E-state index contributed by atoms with van der Waals surface area (Å²) in [5.41, 5.74) is 1.30. The van der Waals surface area contributed by atoms with Crippen LogP contribution >= 0.6 is 0 Å². The van der Waals surface area contributed by atoms with Crippen molar-refractivity contribution in [3.8, 4) is 0 Å². The highest BCUT2D eigenvalue weighted by Gasteiger charge is 2.20. The third kappa shape index (κ3) is 5.03. The number of hydrogen-bond donors (Lipinski definition) is 2. The predicted octanol–water partition coefficient (Wildman–Crippen LogP) is 2.60. The Morgan fingerprint density at radius 1 is 1.11 bits per heavy atom. The number of carbonyl (C=O) groups is 2. The Bertz CT molecular complexity index is 964. The minimum absolute atomic E-state index is 0.0839. The molecule has 2 aromatic rings. The van der Waals surface area contributed by atoms with E-state index in [-0.39, 0.29) is 23.3 Å². The topological polar surface area (TPSA) is 102 Å². The van der Waals surface area contributed by atoms with Gasteiger partial charge in [-0.3, -0.25) is 9.59 Å². The lowest BCUT2D eigenvalue weighted by Crippen LogP contribution is -2.31. The van der Waals surface area contributed by atoms with E-state index < -0.39 is 15.9 Å². The van der Waals surface area contributed by atoms with Crippen LogP contribution in [-0.2, 0) is 14.8 Å². The molecule has 2 aromatic carbocycles. The van der Waals surface area contributed by atoms with E-state index in [1.807, 2.05) is 0 Å². The number of hydrogen-bond acceptors (Lipinski definition) is 5. The van der Waals surface area contributed by atoms with Gasteiger partial charge in [-0.2, -0.15) is 0 Å². The van der Waals surface area contributed by atoms with Crippen LogP contribution in [0.4, 0.5) is 5.69 Å². The zero-order chi connectivity index (χ0) is 20.1. The van der Waals surface area contributed by atoms with Gasteiger partial charge in [-0.05, 0) is 56.2 Å². The van der Waals surface area contributed by atoms with E-state index in [2.05, 4.69) is 10.0 Å². The number of rotatable bonds is 7. The normalized spacial score (nSPS) is 16.7. The Morgan fingerprint density at radius 2 is 1.86 bits per heavy atom. The zero-order valence-corrected chi connectivity index (χ0v) is 16.3. The first-order chi connectivity index (χ1) is 13.3. The summed E-state index contributed by atoms with van der Waals surface area (Å²) in [6.45, 7) is 2.34. The van der Waals surface area contributed by atoms with E-state index in [9.17, 15) is 18.0 Å². The molecule has 1 aliphatic rings. The molecule has 2 N–H and O–H groups in total. The molecule has 0 aliphatic carbocycles. The monoisotopic (exact) mass is 402 g/mol. The van der Waals surface area contributed by atoms with Gasteiger partial charge in [0.15, 0.2) is 5.78 Å². The van der Waals surface area contributed by atoms with Crippen molar-refractivity contribution >= 4 is 27.4 Å². The van der Waals surface area contributed by atoms with Crippen LogP contribution in [0.5, 0.6) is 0 Å². The van der Waals surface area contributed by atoms with Gasteiger partial charge in [0.2, 0.25) is 10.0 Å². The van der Waals surface area contributed by atoms with Gasteiger partial charge in [0, 0.05) is 30.0 Å². The van der Waals surface area contributed by atoms with Crippen molar-refractivity contribution < 1.29 is 22.7 Å². The SMILES string of the molecule is CC(=O)c1cccc(NC(=O)c2ccc(S(=O)(=O)NC[C@H]3CCCO3)cc2)c1. The lowest BCUT2D eigenvalue weighted by Gasteiger charge is -2.12. The molecular formula is C20H22N2O5S. The summed E-state index contributed by atoms with van der Waals surface area (Å²) >= 11 is 0. The van der Waals surface area contributed by atoms with E-state index in [4.69, 9.17) is 4.74 Å². The summed E-state index contributed by atoms with van der Waals surface area (Å²) < 4.78 is 32.7. The molecule has 1 atom stereocenters. The van der Waals surface area contributed by atoms with Crippen LogP contribution < -0.4 is 10.0 Å². The Morgan fingerprint density at radius 3 is 2.50 bits per heavy atom. The average molecular weight is 402 g/mol. The standard InChI is InChI=1S/C20H22N2O5S/c1-14(23)16-4-2-5-17(12-16)22-20(24)15-7-9-19(10-8-15)28(25,26)21-13-18-6-3-11-27-18/h2,4-5,7-10,12,18,21H,3,6,11,13H2,1H3,(H,22,24)/t18-/m1/s1. The lowest BCUT2D eigenvalue weighted by atomic mass is 10.1. The average Bonchev–Trinajstić information content (AvgIpc) is 3.20. The molecule has 28 heavy (non-hydrogen) atoms. The summed E-state index contributed by atoms with van der Waals surface area (Å²) in [5, 5.41) is 2.70. The second kappa shape index (κ2) is 8.64. The Kier molecular flexibility index (Phi) is 6.23. The number of ketones is 1. The van der Waals surface area contributed by atoms with Crippen molar-refractivity contribution in [2.24, 2.45) is 0 Å². The minimum atomic E-state index is -3.66. The zero-order valence-electron chi connectivity index (χ0n) is 15.5. The van der Waals surface area contributed by atoms with Crippen LogP contribution in [-0.4, -0.2) is 39.4 Å². The van der Waals surface area contributed by atoms with E-state index in [1.165, 1.54) is 31.2 Å². The largest absolute Gasteiger partial charge is 0.377 e. The highest BCUT2D eigenvalue weighted by atomic mass is 32.2. The molecule has 0 bridgehead atoms. The molecule has 0 aromatic heterocycles. The van der Waals surface area contributed by atoms with Gasteiger partial charge in [0.05, 0.1) is 11.0 Å². The number of carbonyl (C=O) groups excluding carboxylic acids is 2. The van der Waals surface area contributed by atoms with Gasteiger partial charge in [0.1, 0.15) is 0 Å². The Hall–Kier alpha value is -2.55. The number of Topliss-reactive ketones (excluding diaryl/α,β-unsaturated/α-hetero) is 1. The van der Waals surface area contributed by atoms with Gasteiger partial charge in [-0.1, -0.05) is 12.1 Å². The number of benzene rings is 2. The fourth-order valence-electron chi connectivity index (χ4n) is 2.90. The second-order valence-electron chi connectivity index (χ2n) is 6.60. The smallest absolute Gasteiger partial charge is 0.255 e. The van der Waals surface area contributed by atoms with Gasteiger partial charge < -0.3 is 10.1 Å². The molecule has 0 unspecified atom stereocenters. The van der Waals surface area contributed by atoms with E-state index in [1.54, 1.807) is 24.3 Å². The van der Waals surface area contributed by atoms with Crippen molar-refractivity contribution in [3.05, 3.63) is 59.7 Å². The molecule has 0 radical (unpaired) electrons. The van der Waals surface area contributed by atoms with Crippen molar-refractivity contribution in [2.75, 3.05) is 18.5 Å². The summed E-state index contributed by atoms with van der Waals surface area (Å²) in [6.07, 6.45) is 1.68. The fraction of sp³-hybridized carbons (Fsp3) is 0.300. The molecule has 1 fully saturated rings. The molecule has 1 aliphatic heterocycles. The third-order valence-corrected chi connectivity index (χ3v) is 5.92. The van der Waals surface area contributed by atoms with E-state index >= 15 is 0 Å². The molecule has 1 saturated heterocycles. The lowest BCUT2D eigenvalue weighted by molar-refractivity contribution is 0.101. The summed E-state index contributed by atoms with van der Waals surface area (Å²) in [7, 11) is -3.66. The summed E-state index contributed by atoms with van der Waals surface area (Å²) in [4.78, 5) is 23.9. The van der Waals surface area contributed by atoms with Gasteiger partial charge in [-0.25, -0.2) is 13.1 Å². The first-order valence-corrected chi connectivity index (χ1v) is 10.5. The highest BCUT2D eigenvalue weighted by molar-refractivity contribution is 7.89. The first-order valence-electron chi connectivity index (χ1n) is 8.99. The molecule has 7 nitrogen and oxygen atoms in total. The maximum atomic E-state index is 12.4. The number of anilines is 1. The highest BCUT2D eigenvalue weighted by Crippen LogP contribution is 2.16. The Labute approximate surface area is 164 Å². The third-order valence-electron chi connectivity index (χ3n) is 4.48. The number of ether oxygens (including phenoxy) is 1. The summed E-state index contributed by atoms with van der Waals surface area (Å²) in [5.74, 6) is -0.488. The predicted molar refractivity (Wildman–Crippen MR) is 105 cm³/mol. The molecule has 8 heteroatoms. The Balaban J connectivity index is 1.65. The molecule has 0 spiro atoms. The maximum Gasteiger partial charge on any atom is 0.255 e. The molecule has 0 saturated carbocycles. The first kappa shape index (κ1) is 20.2. The fourth-order valence-corrected chi connectivity index (χ4v) is 3.96. The molecule has 1 heterocycles. The van der Waals surface area contributed by atoms with Crippen LogP contribution in [0.3, 0.4) is 0 Å². The number of nitrogens with one attached hydrogen (secondary N) is 2. The van der Waals surface area contributed by atoms with Crippen molar-refractivity contribution in [1.29, 1.82) is 0 Å². The molecular weight excluding hydrogens is 380 g/mol. The van der Waals surface area contributed by atoms with E-state index in [0.29, 0.717) is 23.4 Å². The maximum absolute atomic E-state index is 12.4.